The van der Waals surface area contributed by atoms with Gasteiger partial charge >= 0.3 is 5.97 Å². The van der Waals surface area contributed by atoms with Gasteiger partial charge in [0.25, 0.3) is 5.91 Å². The van der Waals surface area contributed by atoms with E-state index in [2.05, 4.69) is 10.1 Å². The van der Waals surface area contributed by atoms with E-state index in [1.807, 2.05) is 5.32 Å². The molecule has 0 atom stereocenters. The molecule has 0 aliphatic rings. The Balaban J connectivity index is 1.77. The Hall–Kier alpha value is -3.14. The quantitative estimate of drug-likeness (QED) is 0.400. The van der Waals surface area contributed by atoms with E-state index in [0.29, 0.717) is 6.07 Å². The van der Waals surface area contributed by atoms with Crippen LogP contribution in [0.2, 0.25) is 5.02 Å². The molecule has 6 nitrogen and oxygen atoms in total. The number of carbonyl (C=O) groups excluding carboxylic acids is 3. The number of halogens is 5. The summed E-state index contributed by atoms with van der Waals surface area (Å²) in [5, 5.41) is 4.04. The number of hydrogen-bond donors (Lipinski definition) is 2. The molecule has 0 heterocycles. The van der Waals surface area contributed by atoms with E-state index in [-0.39, 0.29) is 10.6 Å². The number of esters is 1. The summed E-state index contributed by atoms with van der Waals surface area (Å²) in [4.78, 5) is 34.9. The van der Waals surface area contributed by atoms with Crippen molar-refractivity contribution in [2.24, 2.45) is 0 Å². The molecule has 0 aromatic heterocycles. The van der Waals surface area contributed by atoms with Gasteiger partial charge in [0.1, 0.15) is 5.82 Å². The Morgan fingerprint density at radius 2 is 1.66 bits per heavy atom. The minimum atomic E-state index is -1.76. The first-order valence-electron chi connectivity index (χ1n) is 7.97. The number of nitrogens with one attached hydrogen (secondary N) is 2. The van der Waals surface area contributed by atoms with Crippen LogP contribution >= 0.6 is 11.6 Å². The fraction of sp³-hybridized carbons (Fsp3) is 0.167. The Morgan fingerprint density at radius 3 is 2.34 bits per heavy atom. The van der Waals surface area contributed by atoms with Crippen molar-refractivity contribution < 1.29 is 36.7 Å². The molecule has 0 fully saturated rings. The summed E-state index contributed by atoms with van der Waals surface area (Å²) >= 11 is 5.77. The molecule has 2 aromatic carbocycles. The van der Waals surface area contributed by atoms with E-state index in [4.69, 9.17) is 11.6 Å². The number of benzene rings is 2. The smallest absolute Gasteiger partial charge is 0.310 e. The first-order chi connectivity index (χ1) is 13.7. The van der Waals surface area contributed by atoms with E-state index < -0.39 is 66.3 Å². The van der Waals surface area contributed by atoms with Crippen molar-refractivity contribution in [3.63, 3.8) is 0 Å². The predicted molar refractivity (Wildman–Crippen MR) is 94.0 cm³/mol. The summed E-state index contributed by atoms with van der Waals surface area (Å²) in [6.45, 7) is -1.42. The Morgan fingerprint density at radius 1 is 0.931 bits per heavy atom. The second-order valence-electron chi connectivity index (χ2n) is 5.59. The summed E-state index contributed by atoms with van der Waals surface area (Å²) in [5.41, 5.74) is -0.705. The van der Waals surface area contributed by atoms with E-state index in [1.54, 1.807) is 0 Å². The van der Waals surface area contributed by atoms with Crippen molar-refractivity contribution in [3.8, 4) is 0 Å². The second kappa shape index (κ2) is 9.87. The van der Waals surface area contributed by atoms with Gasteiger partial charge in [0, 0.05) is 10.6 Å². The lowest BCUT2D eigenvalue weighted by molar-refractivity contribution is -0.147. The molecule has 0 unspecified atom stereocenters. The van der Waals surface area contributed by atoms with Gasteiger partial charge in [-0.05, 0) is 24.3 Å². The van der Waals surface area contributed by atoms with Crippen LogP contribution in [0.25, 0.3) is 0 Å². The van der Waals surface area contributed by atoms with Crippen LogP contribution in [0, 0.1) is 23.3 Å². The number of hydrogen-bond acceptors (Lipinski definition) is 4. The second-order valence-corrected chi connectivity index (χ2v) is 5.99. The van der Waals surface area contributed by atoms with E-state index in [9.17, 15) is 31.9 Å². The summed E-state index contributed by atoms with van der Waals surface area (Å²) in [6, 6.07) is 5.28. The lowest BCUT2D eigenvalue weighted by atomic mass is 10.1. The van der Waals surface area contributed by atoms with Crippen LogP contribution in [-0.4, -0.2) is 30.9 Å². The lowest BCUT2D eigenvalue weighted by Gasteiger charge is -2.09. The van der Waals surface area contributed by atoms with E-state index in [1.165, 1.54) is 12.1 Å². The largest absolute Gasteiger partial charge is 0.455 e. The van der Waals surface area contributed by atoms with Gasteiger partial charge < -0.3 is 15.4 Å². The van der Waals surface area contributed by atoms with Gasteiger partial charge in [-0.2, -0.15) is 0 Å². The molecule has 2 aromatic rings. The molecule has 0 saturated carbocycles. The Bertz CT molecular complexity index is 935. The number of amides is 2. The van der Waals surface area contributed by atoms with Crippen LogP contribution in [0.15, 0.2) is 30.3 Å². The highest BCUT2D eigenvalue weighted by Crippen LogP contribution is 2.20. The highest BCUT2D eigenvalue weighted by atomic mass is 35.5. The van der Waals surface area contributed by atoms with Gasteiger partial charge in [0.15, 0.2) is 24.1 Å². The van der Waals surface area contributed by atoms with Crippen molar-refractivity contribution in [1.82, 2.24) is 5.32 Å². The molecular weight excluding hydrogens is 420 g/mol. The van der Waals surface area contributed by atoms with Gasteiger partial charge in [-0.25, -0.2) is 17.6 Å². The van der Waals surface area contributed by atoms with Gasteiger partial charge in [-0.1, -0.05) is 17.7 Å². The molecule has 29 heavy (non-hydrogen) atoms. The van der Waals surface area contributed by atoms with Gasteiger partial charge in [0.05, 0.1) is 18.7 Å². The zero-order valence-corrected chi connectivity index (χ0v) is 15.3. The Kier molecular flexibility index (Phi) is 7.54. The van der Waals surface area contributed by atoms with Gasteiger partial charge in [-0.15, -0.1) is 0 Å². The average Bonchev–Trinajstić information content (AvgIpc) is 2.68. The highest BCUT2D eigenvalue weighted by Gasteiger charge is 2.17. The Labute approximate surface area is 166 Å². The molecule has 0 saturated heterocycles. The molecule has 0 aliphatic carbocycles. The van der Waals surface area contributed by atoms with Crippen LogP contribution in [0.3, 0.4) is 0 Å². The summed E-state index contributed by atoms with van der Waals surface area (Å²) in [5.74, 6) is -8.22. The van der Waals surface area contributed by atoms with Crippen molar-refractivity contribution in [3.05, 3.63) is 64.2 Å². The first kappa shape index (κ1) is 22.2. The molecule has 2 amide bonds. The topological polar surface area (TPSA) is 84.5 Å². The van der Waals surface area contributed by atoms with Crippen molar-refractivity contribution in [1.29, 1.82) is 0 Å². The van der Waals surface area contributed by atoms with Crippen molar-refractivity contribution in [2.75, 3.05) is 18.5 Å². The molecule has 0 spiro atoms. The van der Waals surface area contributed by atoms with Crippen LogP contribution < -0.4 is 10.6 Å². The van der Waals surface area contributed by atoms with E-state index >= 15 is 0 Å². The molecule has 2 N–H and O–H groups in total. The fourth-order valence-corrected chi connectivity index (χ4v) is 2.32. The number of carbonyl (C=O) groups is 3. The average molecular weight is 433 g/mol. The molecule has 0 aliphatic heterocycles. The predicted octanol–water partition coefficient (Wildman–Crippen LogP) is 2.74. The minimum absolute atomic E-state index is 0.0209. The molecule has 0 bridgehead atoms. The maximum Gasteiger partial charge on any atom is 0.310 e. The number of ether oxygens (including phenoxy) is 1. The fourth-order valence-electron chi connectivity index (χ4n) is 2.09. The third-order valence-corrected chi connectivity index (χ3v) is 3.86. The van der Waals surface area contributed by atoms with Crippen LogP contribution in [-0.2, 0) is 25.5 Å². The monoisotopic (exact) mass is 432 g/mol. The first-order valence-corrected chi connectivity index (χ1v) is 8.35. The van der Waals surface area contributed by atoms with Crippen molar-refractivity contribution >= 4 is 35.1 Å². The minimum Gasteiger partial charge on any atom is -0.455 e. The van der Waals surface area contributed by atoms with Crippen molar-refractivity contribution in [2.45, 2.75) is 6.42 Å². The van der Waals surface area contributed by atoms with E-state index in [0.717, 1.165) is 12.1 Å². The van der Waals surface area contributed by atoms with Crippen LogP contribution in [0.4, 0.5) is 23.2 Å². The molecule has 11 heteroatoms. The standard InChI is InChI=1S/C18H13ClF4N2O4/c19-10-2-1-3-11(20)9(10)6-16(28)29-8-15(27)24-7-14(26)25-13-5-4-12(21)17(22)18(13)23/h1-5H,6-8H2,(H,24,27)(H,25,26). The highest BCUT2D eigenvalue weighted by molar-refractivity contribution is 6.31. The van der Waals surface area contributed by atoms with Gasteiger partial charge in [0.2, 0.25) is 5.91 Å². The normalized spacial score (nSPS) is 10.4. The van der Waals surface area contributed by atoms with Crippen LogP contribution in [0.5, 0.6) is 0 Å². The lowest BCUT2D eigenvalue weighted by Crippen LogP contribution is -2.35. The number of anilines is 1. The molecule has 154 valence electrons. The van der Waals surface area contributed by atoms with Crippen LogP contribution in [0.1, 0.15) is 5.56 Å². The summed E-state index contributed by atoms with van der Waals surface area (Å²) in [7, 11) is 0. The zero-order valence-electron chi connectivity index (χ0n) is 14.5. The zero-order chi connectivity index (χ0) is 21.6. The maximum atomic E-state index is 13.6. The molecule has 2 rings (SSSR count). The SMILES string of the molecule is O=C(COC(=O)Cc1c(F)cccc1Cl)NCC(=O)Nc1ccc(F)c(F)c1F. The molecule has 0 radical (unpaired) electrons. The number of rotatable bonds is 7. The maximum absolute atomic E-state index is 13.6. The summed E-state index contributed by atoms with van der Waals surface area (Å²) in [6.07, 6.45) is -0.505. The summed E-state index contributed by atoms with van der Waals surface area (Å²) < 4.78 is 57.6. The van der Waals surface area contributed by atoms with Gasteiger partial charge in [-0.3, -0.25) is 14.4 Å². The third kappa shape index (κ3) is 6.18. The molecular formula is C18H13ClF4N2O4. The third-order valence-electron chi connectivity index (χ3n) is 3.50.